The van der Waals surface area contributed by atoms with Crippen LogP contribution in [0.2, 0.25) is 0 Å². The number of ether oxygens (including phenoxy) is 1. The number of carbonyl (C=O) groups is 9. The first-order valence-electron chi connectivity index (χ1n) is 25.9. The van der Waals surface area contributed by atoms with Crippen LogP contribution in [0.4, 0.5) is 4.79 Å². The molecule has 8 amide bonds. The van der Waals surface area contributed by atoms with Gasteiger partial charge in [0.2, 0.25) is 41.4 Å². The number of aryl methyl sites for hydroxylation is 3. The lowest BCUT2D eigenvalue weighted by Crippen LogP contribution is -2.59. The number of H-pyrrole nitrogens is 1. The summed E-state index contributed by atoms with van der Waals surface area (Å²) >= 11 is 1.36. The minimum Gasteiger partial charge on any atom is -0.481 e. The molecule has 4 aromatic rings. The molecule has 26 heteroatoms. The molecule has 0 fully saturated rings. The summed E-state index contributed by atoms with van der Waals surface area (Å²) in [5, 5.41) is 28.5. The molecule has 0 bridgehead atoms. The number of amides is 8. The number of carboxylic acid groups (broad SMARTS) is 1. The van der Waals surface area contributed by atoms with Crippen LogP contribution in [-0.4, -0.2) is 137 Å². The lowest BCUT2D eigenvalue weighted by atomic mass is 9.87. The molecule has 0 aliphatic rings. The second-order valence-corrected chi connectivity index (χ2v) is 23.8. The largest absolute Gasteiger partial charge is 0.481 e. The van der Waals surface area contributed by atoms with Gasteiger partial charge in [0, 0.05) is 36.4 Å². The van der Waals surface area contributed by atoms with E-state index < -0.39 is 124 Å². The van der Waals surface area contributed by atoms with Gasteiger partial charge in [0.25, 0.3) is 0 Å². The first-order valence-corrected chi connectivity index (χ1v) is 28.6. The number of carbonyl (C=O) groups excluding carboxylic acids is 8. The van der Waals surface area contributed by atoms with Gasteiger partial charge in [-0.05, 0) is 118 Å². The van der Waals surface area contributed by atoms with Crippen molar-refractivity contribution in [3.05, 3.63) is 100 Å². The van der Waals surface area contributed by atoms with Crippen LogP contribution < -0.4 is 47.1 Å². The Morgan fingerprint density at radius 1 is 0.691 bits per heavy atom. The van der Waals surface area contributed by atoms with Crippen LogP contribution in [-0.2, 0) is 72.8 Å². The van der Waals surface area contributed by atoms with Crippen molar-refractivity contribution < 1.29 is 70.1 Å². The van der Waals surface area contributed by atoms with Crippen LogP contribution in [0.5, 0.6) is 5.75 Å². The third-order valence-electron chi connectivity index (χ3n) is 12.4. The van der Waals surface area contributed by atoms with Crippen molar-refractivity contribution in [1.82, 2.24) is 42.2 Å². The molecule has 1 aromatic heterocycles. The molecule has 0 spiro atoms. The van der Waals surface area contributed by atoms with Gasteiger partial charge in [0.05, 0.1) is 13.0 Å². The molecule has 6 atom stereocenters. The average molecular weight is 1170 g/mol. The minimum absolute atomic E-state index is 0.0189. The van der Waals surface area contributed by atoms with Crippen molar-refractivity contribution >= 4 is 86.5 Å². The third kappa shape index (κ3) is 22.4. The van der Waals surface area contributed by atoms with E-state index >= 15 is 0 Å². The minimum atomic E-state index is -4.83. The summed E-state index contributed by atoms with van der Waals surface area (Å²) in [4.78, 5) is 125. The number of alkyl carbamates (subject to hydrolysis) is 1. The first-order chi connectivity index (χ1) is 37.7. The van der Waals surface area contributed by atoms with E-state index in [2.05, 4.69) is 46.4 Å². The number of hydrogen-bond acceptors (Lipinski definition) is 14. The van der Waals surface area contributed by atoms with E-state index in [0.717, 1.165) is 22.3 Å². The summed E-state index contributed by atoms with van der Waals surface area (Å²) in [6.45, 7) is 15.0. The van der Waals surface area contributed by atoms with Gasteiger partial charge in [-0.2, -0.15) is 20.2 Å². The number of hydrogen-bond donors (Lipinski definition) is 11. The number of aliphatic carboxylic acids is 1. The monoisotopic (exact) mass is 1170 g/mol. The topological polar surface area (TPSA) is 373 Å². The highest BCUT2D eigenvalue weighted by molar-refractivity contribution is 7.98. The molecule has 0 radical (unpaired) electrons. The Morgan fingerprint density at radius 3 is 1.81 bits per heavy atom. The summed E-state index contributed by atoms with van der Waals surface area (Å²) < 4.78 is 41.3. The zero-order valence-electron chi connectivity index (χ0n) is 47.1. The van der Waals surface area contributed by atoms with Crippen molar-refractivity contribution in [2.24, 2.45) is 11.1 Å². The number of benzene rings is 3. The molecule has 12 N–H and O–H groups in total. The van der Waals surface area contributed by atoms with Gasteiger partial charge in [-0.1, -0.05) is 68.8 Å². The Hall–Kier alpha value is -7.71. The molecule has 24 nitrogen and oxygen atoms in total. The molecule has 0 saturated carbocycles. The Labute approximate surface area is 475 Å². The highest BCUT2D eigenvalue weighted by Gasteiger charge is 2.35. The molecular formula is C55H75N9O15S2. The quantitative estimate of drug-likeness (QED) is 0.0364. The number of rotatable bonds is 28. The van der Waals surface area contributed by atoms with Crippen molar-refractivity contribution in [3.63, 3.8) is 0 Å². The smallest absolute Gasteiger partial charge is 0.446 e. The summed E-state index contributed by atoms with van der Waals surface area (Å²) in [5.41, 5.74) is 9.17. The Balaban J connectivity index is 1.57. The van der Waals surface area contributed by atoms with Gasteiger partial charge in [-0.25, -0.2) is 4.79 Å². The third-order valence-corrected chi connectivity index (χ3v) is 13.4. The van der Waals surface area contributed by atoms with Crippen LogP contribution in [0.15, 0.2) is 66.9 Å². The average Bonchev–Trinajstić information content (AvgIpc) is 3.75. The first kappa shape index (κ1) is 65.8. The normalized spacial score (nSPS) is 13.9. The maximum atomic E-state index is 14.6. The van der Waals surface area contributed by atoms with Gasteiger partial charge in [-0.15, -0.1) is 0 Å². The Bertz CT molecular complexity index is 3020. The van der Waals surface area contributed by atoms with Gasteiger partial charge >= 0.3 is 22.5 Å². The maximum absolute atomic E-state index is 14.6. The van der Waals surface area contributed by atoms with Crippen LogP contribution in [0.1, 0.15) is 94.2 Å². The van der Waals surface area contributed by atoms with Crippen molar-refractivity contribution in [3.8, 4) is 5.75 Å². The number of fused-ring (bicyclic) bond motifs is 1. The lowest BCUT2D eigenvalue weighted by molar-refractivity contribution is -0.141. The number of aromatic nitrogens is 1. The maximum Gasteiger partial charge on any atom is 0.446 e. The Kier molecular flexibility index (Phi) is 23.7. The van der Waals surface area contributed by atoms with E-state index in [-0.39, 0.29) is 37.9 Å². The molecule has 0 aliphatic heterocycles. The van der Waals surface area contributed by atoms with Crippen LogP contribution in [0.3, 0.4) is 0 Å². The second-order valence-electron chi connectivity index (χ2n) is 21.8. The predicted octanol–water partition coefficient (Wildman–Crippen LogP) is 2.89. The molecule has 0 saturated heterocycles. The summed E-state index contributed by atoms with van der Waals surface area (Å²) in [6, 6.07) is 7.64. The van der Waals surface area contributed by atoms with Crippen molar-refractivity contribution in [2.45, 2.75) is 143 Å². The lowest BCUT2D eigenvalue weighted by Gasteiger charge is -2.29. The SMILES string of the molecule is CSCC[C@H](NC(=O)[C@H](Cc1ccc(OS(=O)(=O)O)cc1)NC(=O)OC(C)(C)C)C(=O)NCC(=O)N[C@@H](Cc1c[nH]c2ccccc12)C(=O)N[C@@H](CC(C)(C)C)C(=O)N[C@@H](CC(=O)O)C(=O)N[C@H](Cc1c(C)cc(C)cc1C)C(N)=O. The molecule has 1 heterocycles. The zero-order chi connectivity index (χ0) is 60.6. The van der Waals surface area contributed by atoms with E-state index in [1.807, 2.05) is 32.9 Å². The number of carboxylic acids is 1. The highest BCUT2D eigenvalue weighted by atomic mass is 32.3. The summed E-state index contributed by atoms with van der Waals surface area (Å²) in [5.74, 6) is -7.58. The number of primary amides is 1. The molecule has 4 rings (SSSR count). The second kappa shape index (κ2) is 29.1. The number of nitrogens with one attached hydrogen (secondary N) is 8. The number of para-hydroxylation sites is 1. The molecule has 81 heavy (non-hydrogen) atoms. The molecule has 0 unspecified atom stereocenters. The van der Waals surface area contributed by atoms with E-state index in [4.69, 9.17) is 15.0 Å². The fraction of sp³-hybridized carbons (Fsp3) is 0.473. The van der Waals surface area contributed by atoms with Gasteiger partial charge in [0.1, 0.15) is 47.6 Å². The number of aromatic amines is 1. The van der Waals surface area contributed by atoms with Crippen LogP contribution in [0.25, 0.3) is 10.9 Å². The van der Waals surface area contributed by atoms with E-state index in [1.54, 1.807) is 78.3 Å². The predicted molar refractivity (Wildman–Crippen MR) is 303 cm³/mol. The number of thioether (sulfide) groups is 1. The summed E-state index contributed by atoms with van der Waals surface area (Å²) in [7, 11) is -4.83. The fourth-order valence-corrected chi connectivity index (χ4v) is 9.55. The van der Waals surface area contributed by atoms with Gasteiger partial charge < -0.3 is 62.0 Å². The summed E-state index contributed by atoms with van der Waals surface area (Å²) in [6.07, 6.45) is 1.17. The van der Waals surface area contributed by atoms with Crippen LogP contribution >= 0.6 is 11.8 Å². The standard InChI is InChI=1S/C55H75N9O15S2/c1-30-21-31(2)37(32(3)22-30)25-40(47(56)68)61-51(72)43(26-46(66)67)62-52(73)44(27-54(4,5)6)63-50(71)42(24-34-28-57-38-14-12-11-13-36(34)38)59-45(65)29-58-48(69)39(19-20-80-10)60-49(70)41(64-53(74)78-55(7,8)9)23-33-15-17-35(18-16-33)79-81(75,76)77/h11-18,21-22,28,39-44,57H,19-20,23-27,29H2,1-10H3,(H2,56,68)(H,58,69)(H,59,65)(H,60,70)(H,61,72)(H,62,73)(H,63,71)(H,64,74)(H,66,67)(H,75,76,77)/t39-,40+,41-,42-,43-,44-/m0/s1. The Morgan fingerprint density at radius 2 is 1.25 bits per heavy atom. The van der Waals surface area contributed by atoms with Crippen molar-refractivity contribution in [2.75, 3.05) is 18.6 Å². The van der Waals surface area contributed by atoms with Gasteiger partial charge in [-0.3, -0.25) is 42.9 Å². The van der Waals surface area contributed by atoms with E-state index in [9.17, 15) is 56.7 Å². The van der Waals surface area contributed by atoms with Crippen LogP contribution in [0, 0.1) is 26.2 Å². The molecule has 3 aromatic carbocycles. The molecular weight excluding hydrogens is 1090 g/mol. The van der Waals surface area contributed by atoms with E-state index in [1.165, 1.54) is 36.0 Å². The van der Waals surface area contributed by atoms with Crippen molar-refractivity contribution in [1.29, 1.82) is 0 Å². The molecule has 442 valence electrons. The molecule has 0 aliphatic carbocycles. The highest BCUT2D eigenvalue weighted by Crippen LogP contribution is 2.24. The fourth-order valence-electron chi connectivity index (χ4n) is 8.72. The van der Waals surface area contributed by atoms with Gasteiger partial charge in [0.15, 0.2) is 0 Å². The number of nitrogens with two attached hydrogens (primary N) is 1. The zero-order valence-corrected chi connectivity index (χ0v) is 48.7. The van der Waals surface area contributed by atoms with E-state index in [0.29, 0.717) is 27.8 Å².